The summed E-state index contributed by atoms with van der Waals surface area (Å²) in [4.78, 5) is 0. The number of ether oxygens (including phenoxy) is 3. The molecule has 0 N–H and O–H groups in total. The highest BCUT2D eigenvalue weighted by atomic mass is 19.4. The molecule has 1 heterocycles. The van der Waals surface area contributed by atoms with Crippen molar-refractivity contribution >= 4 is 0 Å². The van der Waals surface area contributed by atoms with Crippen LogP contribution in [-0.4, -0.2) is 19.8 Å². The lowest BCUT2D eigenvalue weighted by atomic mass is 9.78. The van der Waals surface area contributed by atoms with Crippen LogP contribution >= 0.6 is 0 Å². The predicted molar refractivity (Wildman–Crippen MR) is 145 cm³/mol. The summed E-state index contributed by atoms with van der Waals surface area (Å²) in [5.41, 5.74) is -0.00293. The fourth-order valence-electron chi connectivity index (χ4n) is 5.67. The number of benzene rings is 2. The summed E-state index contributed by atoms with van der Waals surface area (Å²) in [5, 5.41) is 0. The first-order chi connectivity index (χ1) is 18.8. The topological polar surface area (TPSA) is 27.7 Å². The van der Waals surface area contributed by atoms with E-state index in [1.165, 1.54) is 17.7 Å². The van der Waals surface area contributed by atoms with Crippen LogP contribution in [0.2, 0.25) is 0 Å². The Balaban J connectivity index is 1.29. The second kappa shape index (κ2) is 13.7. The van der Waals surface area contributed by atoms with Crippen molar-refractivity contribution in [2.75, 3.05) is 19.8 Å². The van der Waals surface area contributed by atoms with Crippen molar-refractivity contribution in [2.24, 2.45) is 11.8 Å². The fourth-order valence-corrected chi connectivity index (χ4v) is 5.67. The van der Waals surface area contributed by atoms with Crippen molar-refractivity contribution in [3.05, 3.63) is 71.1 Å². The van der Waals surface area contributed by atoms with Gasteiger partial charge in [-0.3, -0.25) is 0 Å². The van der Waals surface area contributed by atoms with Gasteiger partial charge in [-0.15, -0.1) is 0 Å². The van der Waals surface area contributed by atoms with E-state index in [0.29, 0.717) is 37.9 Å². The molecule has 1 aliphatic heterocycles. The average molecular weight is 549 g/mol. The Bertz CT molecular complexity index is 1060. The molecule has 2 aliphatic rings. The monoisotopic (exact) mass is 548 g/mol. The molecule has 0 bridgehead atoms. The molecule has 0 amide bonds. The number of allylic oxidation sites excluding steroid dienone is 1. The van der Waals surface area contributed by atoms with Crippen molar-refractivity contribution in [2.45, 2.75) is 83.4 Å². The SMILES string of the molecule is CCCCOc1ccc(C2CCC(/C=C/C3CCC(c4ccc(OCC)cc4)CC3)CO2)c(F)c1C(F)(F)F. The first-order valence-electron chi connectivity index (χ1n) is 14.3. The van der Waals surface area contributed by atoms with Gasteiger partial charge in [-0.25, -0.2) is 4.39 Å². The van der Waals surface area contributed by atoms with Gasteiger partial charge < -0.3 is 14.2 Å². The Morgan fingerprint density at radius 2 is 1.56 bits per heavy atom. The molecule has 3 nitrogen and oxygen atoms in total. The lowest BCUT2D eigenvalue weighted by Crippen LogP contribution is -2.22. The van der Waals surface area contributed by atoms with Gasteiger partial charge in [0.15, 0.2) is 0 Å². The second-order valence-electron chi connectivity index (χ2n) is 10.7. The molecule has 0 aromatic heterocycles. The van der Waals surface area contributed by atoms with E-state index in [4.69, 9.17) is 14.2 Å². The van der Waals surface area contributed by atoms with Crippen LogP contribution in [0.25, 0.3) is 0 Å². The molecule has 2 fully saturated rings. The summed E-state index contributed by atoms with van der Waals surface area (Å²) in [6.45, 7) is 5.06. The largest absolute Gasteiger partial charge is 0.494 e. The highest BCUT2D eigenvalue weighted by Crippen LogP contribution is 2.43. The molecule has 2 unspecified atom stereocenters. The number of rotatable bonds is 10. The van der Waals surface area contributed by atoms with E-state index in [9.17, 15) is 13.2 Å². The molecule has 2 aromatic carbocycles. The van der Waals surface area contributed by atoms with Crippen LogP contribution in [0, 0.1) is 17.7 Å². The third kappa shape index (κ3) is 7.77. The van der Waals surface area contributed by atoms with E-state index in [2.05, 4.69) is 24.3 Å². The average Bonchev–Trinajstić information content (AvgIpc) is 2.93. The molecule has 2 aromatic rings. The first kappa shape index (κ1) is 29.4. The third-order valence-corrected chi connectivity index (χ3v) is 7.92. The van der Waals surface area contributed by atoms with Crippen LogP contribution < -0.4 is 9.47 Å². The van der Waals surface area contributed by atoms with Gasteiger partial charge >= 0.3 is 6.18 Å². The zero-order valence-corrected chi connectivity index (χ0v) is 22.9. The van der Waals surface area contributed by atoms with Crippen molar-refractivity contribution in [1.29, 1.82) is 0 Å². The minimum absolute atomic E-state index is 0.0415. The van der Waals surface area contributed by atoms with Gasteiger partial charge in [0.1, 0.15) is 22.9 Å². The maximum absolute atomic E-state index is 15.1. The molecule has 0 radical (unpaired) electrons. The predicted octanol–water partition coefficient (Wildman–Crippen LogP) is 9.42. The van der Waals surface area contributed by atoms with Gasteiger partial charge in [0, 0.05) is 11.5 Å². The molecular formula is C32H40F4O3. The molecule has 0 spiro atoms. The summed E-state index contributed by atoms with van der Waals surface area (Å²) in [7, 11) is 0. The maximum atomic E-state index is 15.1. The van der Waals surface area contributed by atoms with E-state index in [-0.39, 0.29) is 18.1 Å². The summed E-state index contributed by atoms with van der Waals surface area (Å²) >= 11 is 0. The highest BCUT2D eigenvalue weighted by molar-refractivity contribution is 5.42. The second-order valence-corrected chi connectivity index (χ2v) is 10.7. The number of unbranched alkanes of at least 4 members (excludes halogenated alkanes) is 1. The standard InChI is InChI=1S/C32H40F4O3/c1-3-5-20-38-29-19-17-27(31(33)30(29)32(34,35)36)28-18-10-23(21-39-28)7-6-22-8-11-24(12-9-22)25-13-15-26(16-14-25)37-4-2/h6-7,13-17,19,22-24,28H,3-5,8-12,18,20-21H2,1-2H3/b7-6+. The Morgan fingerprint density at radius 3 is 2.18 bits per heavy atom. The van der Waals surface area contributed by atoms with Gasteiger partial charge in [0.05, 0.1) is 25.9 Å². The van der Waals surface area contributed by atoms with Gasteiger partial charge in [-0.1, -0.05) is 37.6 Å². The zero-order chi connectivity index (χ0) is 27.8. The number of halogens is 4. The molecule has 2 atom stereocenters. The molecule has 1 saturated heterocycles. The Morgan fingerprint density at radius 1 is 0.872 bits per heavy atom. The van der Waals surface area contributed by atoms with Crippen LogP contribution in [0.3, 0.4) is 0 Å². The van der Waals surface area contributed by atoms with Crippen molar-refractivity contribution in [3.8, 4) is 11.5 Å². The van der Waals surface area contributed by atoms with E-state index in [0.717, 1.165) is 44.3 Å². The molecular weight excluding hydrogens is 508 g/mol. The minimum Gasteiger partial charge on any atom is -0.494 e. The van der Waals surface area contributed by atoms with E-state index >= 15 is 4.39 Å². The lowest BCUT2D eigenvalue weighted by Gasteiger charge is -2.30. The van der Waals surface area contributed by atoms with Crippen LogP contribution in [0.15, 0.2) is 48.6 Å². The zero-order valence-electron chi connectivity index (χ0n) is 22.9. The Kier molecular flexibility index (Phi) is 10.3. The lowest BCUT2D eigenvalue weighted by molar-refractivity contribution is -0.141. The van der Waals surface area contributed by atoms with E-state index in [1.807, 2.05) is 26.0 Å². The normalized spacial score (nSPS) is 24.2. The maximum Gasteiger partial charge on any atom is 0.422 e. The van der Waals surface area contributed by atoms with Gasteiger partial charge in [0.2, 0.25) is 0 Å². The molecule has 1 saturated carbocycles. The smallest absolute Gasteiger partial charge is 0.422 e. The number of alkyl halides is 3. The summed E-state index contributed by atoms with van der Waals surface area (Å²) in [5.74, 6) is 0.460. The Hall–Kier alpha value is -2.54. The van der Waals surface area contributed by atoms with Crippen LogP contribution in [0.5, 0.6) is 11.5 Å². The van der Waals surface area contributed by atoms with Gasteiger partial charge in [-0.05, 0) is 93.5 Å². The van der Waals surface area contributed by atoms with E-state index < -0.39 is 29.4 Å². The summed E-state index contributed by atoms with van der Waals surface area (Å²) in [6, 6.07) is 11.1. The summed E-state index contributed by atoms with van der Waals surface area (Å²) < 4.78 is 72.9. The van der Waals surface area contributed by atoms with Crippen molar-refractivity contribution in [3.63, 3.8) is 0 Å². The van der Waals surface area contributed by atoms with Crippen molar-refractivity contribution < 1.29 is 31.8 Å². The highest BCUT2D eigenvalue weighted by Gasteiger charge is 2.40. The van der Waals surface area contributed by atoms with Crippen LogP contribution in [-0.2, 0) is 10.9 Å². The van der Waals surface area contributed by atoms with E-state index in [1.54, 1.807) is 0 Å². The summed E-state index contributed by atoms with van der Waals surface area (Å²) in [6.07, 6.45) is 6.10. The molecule has 1 aliphatic carbocycles. The number of hydrogen-bond donors (Lipinski definition) is 0. The molecule has 214 valence electrons. The van der Waals surface area contributed by atoms with Gasteiger partial charge in [0.25, 0.3) is 0 Å². The van der Waals surface area contributed by atoms with Crippen LogP contribution in [0.1, 0.15) is 93.9 Å². The Labute approximate surface area is 229 Å². The molecule has 7 heteroatoms. The van der Waals surface area contributed by atoms with Crippen LogP contribution in [0.4, 0.5) is 17.6 Å². The molecule has 4 rings (SSSR count). The third-order valence-electron chi connectivity index (χ3n) is 7.92. The number of hydrogen-bond acceptors (Lipinski definition) is 3. The fraction of sp³-hybridized carbons (Fsp3) is 0.562. The molecule has 39 heavy (non-hydrogen) atoms. The van der Waals surface area contributed by atoms with Crippen molar-refractivity contribution in [1.82, 2.24) is 0 Å². The minimum atomic E-state index is -4.84. The first-order valence-corrected chi connectivity index (χ1v) is 14.3. The quantitative estimate of drug-likeness (QED) is 0.168. The van der Waals surface area contributed by atoms with Gasteiger partial charge in [-0.2, -0.15) is 13.2 Å².